The molecular weight excluding hydrogens is 338 g/mol. The lowest BCUT2D eigenvalue weighted by atomic mass is 10.1. The molecule has 0 radical (unpaired) electrons. The second-order valence-corrected chi connectivity index (χ2v) is 5.55. The van der Waals surface area contributed by atoms with Crippen molar-refractivity contribution in [2.75, 3.05) is 6.61 Å². The summed E-state index contributed by atoms with van der Waals surface area (Å²) in [5, 5.41) is 1.01. The number of aryl methyl sites for hydroxylation is 1. The van der Waals surface area contributed by atoms with Gasteiger partial charge in [-0.3, -0.25) is 4.99 Å². The number of carbonyl (C=O) groups excluding carboxylic acids is 1. The lowest BCUT2D eigenvalue weighted by molar-refractivity contribution is 0.0531. The van der Waals surface area contributed by atoms with Crippen LogP contribution < -0.4 is 0 Å². The Morgan fingerprint density at radius 1 is 1.67 bits per heavy atom. The lowest BCUT2D eigenvalue weighted by Crippen LogP contribution is -2.04. The molecule has 0 saturated heterocycles. The first-order chi connectivity index (χ1) is 8.56. The van der Waals surface area contributed by atoms with Crippen LogP contribution in [0.15, 0.2) is 11.2 Å². The predicted molar refractivity (Wildman–Crippen MR) is 81.0 cm³/mol. The number of halogens is 2. The van der Waals surface area contributed by atoms with Gasteiger partial charge in [0.1, 0.15) is 4.88 Å². The zero-order chi connectivity index (χ0) is 13.7. The van der Waals surface area contributed by atoms with Crippen LogP contribution in [0, 0.1) is 6.92 Å². The van der Waals surface area contributed by atoms with E-state index < -0.39 is 0 Å². The number of rotatable bonds is 5. The number of esters is 1. The van der Waals surface area contributed by atoms with E-state index in [4.69, 9.17) is 16.3 Å². The van der Waals surface area contributed by atoms with Gasteiger partial charge in [-0.25, -0.2) is 4.79 Å². The topological polar surface area (TPSA) is 38.7 Å². The van der Waals surface area contributed by atoms with Crippen LogP contribution in [0.4, 0.5) is 0 Å². The normalized spacial score (nSPS) is 11.4. The number of nitrogens with zero attached hydrogens (tertiary/aromatic N) is 1. The van der Waals surface area contributed by atoms with Crippen molar-refractivity contribution < 1.29 is 9.53 Å². The molecule has 1 aromatic rings. The second-order valence-electron chi connectivity index (χ2n) is 3.35. The number of carbonyl (C=O) groups is 1. The first-order valence-corrected chi connectivity index (χ1v) is 7.55. The van der Waals surface area contributed by atoms with Gasteiger partial charge in [0.05, 0.1) is 11.6 Å². The van der Waals surface area contributed by atoms with E-state index in [1.807, 2.05) is 6.92 Å². The molecule has 0 atom stereocenters. The molecule has 98 valence electrons. The van der Waals surface area contributed by atoms with Crippen molar-refractivity contribution in [2.24, 2.45) is 4.99 Å². The fourth-order valence-electron chi connectivity index (χ4n) is 1.54. The average Bonchev–Trinajstić information content (AvgIpc) is 2.66. The van der Waals surface area contributed by atoms with Crippen molar-refractivity contribution in [2.45, 2.75) is 19.2 Å². The van der Waals surface area contributed by atoms with Crippen molar-refractivity contribution in [3.05, 3.63) is 27.1 Å². The molecule has 0 unspecified atom stereocenters. The van der Waals surface area contributed by atoms with Crippen LogP contribution >= 0.6 is 38.9 Å². The number of aliphatic imine (C=N–C) groups is 1. The van der Waals surface area contributed by atoms with Crippen molar-refractivity contribution >= 4 is 56.6 Å². The van der Waals surface area contributed by atoms with Gasteiger partial charge in [-0.15, -0.1) is 11.3 Å². The van der Waals surface area contributed by atoms with Crippen molar-refractivity contribution in [3.8, 4) is 0 Å². The fraction of sp³-hybridized carbons (Fsp3) is 0.333. The smallest absolute Gasteiger partial charge is 0.348 e. The van der Waals surface area contributed by atoms with Gasteiger partial charge in [0.15, 0.2) is 0 Å². The Bertz CT molecular complexity index is 497. The van der Waals surface area contributed by atoms with E-state index in [0.29, 0.717) is 21.8 Å². The summed E-state index contributed by atoms with van der Waals surface area (Å²) in [4.78, 5) is 17.0. The third kappa shape index (κ3) is 3.22. The molecule has 0 aliphatic rings. The third-order valence-corrected chi connectivity index (χ3v) is 4.20. The molecular formula is C12H13BrClNO2S. The van der Waals surface area contributed by atoms with Gasteiger partial charge >= 0.3 is 5.97 Å². The summed E-state index contributed by atoms with van der Waals surface area (Å²) in [7, 11) is 0. The Morgan fingerprint density at radius 3 is 2.83 bits per heavy atom. The molecule has 18 heavy (non-hydrogen) atoms. The summed E-state index contributed by atoms with van der Waals surface area (Å²) in [6.07, 6.45) is 1.47. The maximum atomic E-state index is 11.8. The highest BCUT2D eigenvalue weighted by Crippen LogP contribution is 2.36. The van der Waals surface area contributed by atoms with Gasteiger partial charge in [-0.1, -0.05) is 27.5 Å². The molecule has 1 rings (SSSR count). The highest BCUT2D eigenvalue weighted by molar-refractivity contribution is 9.08. The van der Waals surface area contributed by atoms with E-state index in [9.17, 15) is 4.79 Å². The van der Waals surface area contributed by atoms with Crippen molar-refractivity contribution in [1.29, 1.82) is 0 Å². The van der Waals surface area contributed by atoms with Crippen LogP contribution in [-0.2, 0) is 10.1 Å². The first-order valence-electron chi connectivity index (χ1n) is 5.24. The third-order valence-electron chi connectivity index (χ3n) is 2.22. The summed E-state index contributed by atoms with van der Waals surface area (Å²) in [5.74, 6) is -0.317. The zero-order valence-electron chi connectivity index (χ0n) is 10.1. The molecule has 0 aliphatic heterocycles. The van der Waals surface area contributed by atoms with Crippen LogP contribution in [0.3, 0.4) is 0 Å². The highest BCUT2D eigenvalue weighted by atomic mass is 79.9. The van der Waals surface area contributed by atoms with Gasteiger partial charge in [0.2, 0.25) is 0 Å². The molecule has 6 heteroatoms. The Morgan fingerprint density at radius 2 is 2.33 bits per heavy atom. The Hall–Kier alpha value is -0.650. The standard InChI is InChI=1S/C12H13BrClNO2S/c1-4-17-12(16)11-8(5-13)10(7(2)18-11)9(14)6-15-3/h6H,3-5H2,1-2H3/b9-6+. The van der Waals surface area contributed by atoms with E-state index in [1.54, 1.807) is 6.92 Å². The summed E-state index contributed by atoms with van der Waals surface area (Å²) in [5.41, 5.74) is 1.66. The summed E-state index contributed by atoms with van der Waals surface area (Å²) in [6.45, 7) is 7.41. The molecule has 0 bridgehead atoms. The van der Waals surface area contributed by atoms with E-state index in [-0.39, 0.29) is 5.97 Å². The molecule has 1 heterocycles. The minimum atomic E-state index is -0.317. The summed E-state index contributed by atoms with van der Waals surface area (Å²) >= 11 is 10.9. The van der Waals surface area contributed by atoms with E-state index >= 15 is 0 Å². The van der Waals surface area contributed by atoms with Crippen LogP contribution in [0.5, 0.6) is 0 Å². The van der Waals surface area contributed by atoms with Crippen molar-refractivity contribution in [3.63, 3.8) is 0 Å². The SMILES string of the molecule is C=N/C=C(/Cl)c1c(C)sc(C(=O)OCC)c1CBr. The Kier molecular flexibility index (Phi) is 6.05. The van der Waals surface area contributed by atoms with Crippen LogP contribution in [-0.4, -0.2) is 19.3 Å². The summed E-state index contributed by atoms with van der Waals surface area (Å²) < 4.78 is 5.03. The molecule has 0 aliphatic carbocycles. The minimum absolute atomic E-state index is 0.317. The maximum Gasteiger partial charge on any atom is 0.348 e. The van der Waals surface area contributed by atoms with Crippen LogP contribution in [0.2, 0.25) is 0 Å². The first kappa shape index (κ1) is 15.4. The number of thiophene rings is 1. The maximum absolute atomic E-state index is 11.8. The lowest BCUT2D eigenvalue weighted by Gasteiger charge is -2.03. The molecule has 1 aromatic heterocycles. The van der Waals surface area contributed by atoms with Gasteiger partial charge in [0, 0.05) is 22.0 Å². The van der Waals surface area contributed by atoms with Crippen LogP contribution in [0.25, 0.3) is 5.03 Å². The minimum Gasteiger partial charge on any atom is -0.462 e. The number of ether oxygens (including phenoxy) is 1. The largest absolute Gasteiger partial charge is 0.462 e. The van der Waals surface area contributed by atoms with E-state index in [2.05, 4.69) is 27.6 Å². The number of alkyl halides is 1. The molecule has 0 amide bonds. The molecule has 0 saturated carbocycles. The highest BCUT2D eigenvalue weighted by Gasteiger charge is 2.22. The van der Waals surface area contributed by atoms with Crippen molar-refractivity contribution in [1.82, 2.24) is 0 Å². The Balaban J connectivity index is 3.33. The zero-order valence-corrected chi connectivity index (χ0v) is 13.3. The monoisotopic (exact) mass is 349 g/mol. The molecule has 0 fully saturated rings. The average molecular weight is 351 g/mol. The van der Waals surface area contributed by atoms with Gasteiger partial charge in [-0.05, 0) is 26.1 Å². The molecule has 0 spiro atoms. The van der Waals surface area contributed by atoms with E-state index in [1.165, 1.54) is 17.5 Å². The predicted octanol–water partition coefficient (Wildman–Crippen LogP) is 4.37. The molecule has 3 nitrogen and oxygen atoms in total. The molecule has 0 aromatic carbocycles. The van der Waals surface area contributed by atoms with Gasteiger partial charge in [0.25, 0.3) is 0 Å². The van der Waals surface area contributed by atoms with E-state index in [0.717, 1.165) is 16.0 Å². The Labute approximate surface area is 124 Å². The van der Waals surface area contributed by atoms with Gasteiger partial charge in [-0.2, -0.15) is 0 Å². The van der Waals surface area contributed by atoms with Crippen LogP contribution in [0.1, 0.15) is 32.6 Å². The number of hydrogen-bond acceptors (Lipinski definition) is 4. The summed E-state index contributed by atoms with van der Waals surface area (Å²) in [6, 6.07) is 0. The quantitative estimate of drug-likeness (QED) is 0.449. The molecule has 0 N–H and O–H groups in total. The number of hydrogen-bond donors (Lipinski definition) is 0. The fourth-order valence-corrected chi connectivity index (χ4v) is 3.75. The second kappa shape index (κ2) is 7.07. The van der Waals surface area contributed by atoms with Gasteiger partial charge < -0.3 is 4.74 Å².